The Hall–Kier alpha value is -2.21. The second-order valence-electron chi connectivity index (χ2n) is 5.21. The third-order valence-corrected chi connectivity index (χ3v) is 4.05. The SMILES string of the molecule is O=[N+]([O-])c1cccc(C2=CCCC2Cc2c[nH]c(=S)[nH]2)c1. The third kappa shape index (κ3) is 2.95. The standard InChI is InChI=1S/C15H15N3O2S/c19-18(20)13-5-1-3-11(8-13)14-6-2-4-10(14)7-12-9-16-15(21)17-12/h1,3,5-6,8-10H,2,4,7H2,(H2,16,17,21). The minimum absolute atomic E-state index is 0.139. The van der Waals surface area contributed by atoms with Crippen molar-refractivity contribution in [3.05, 3.63) is 62.7 Å². The highest BCUT2D eigenvalue weighted by Gasteiger charge is 2.22. The highest BCUT2D eigenvalue weighted by molar-refractivity contribution is 7.71. The molecule has 1 aromatic carbocycles. The minimum Gasteiger partial charge on any atom is -0.337 e. The van der Waals surface area contributed by atoms with E-state index >= 15 is 0 Å². The fourth-order valence-electron chi connectivity index (χ4n) is 2.87. The number of benzene rings is 1. The summed E-state index contributed by atoms with van der Waals surface area (Å²) in [6, 6.07) is 6.87. The van der Waals surface area contributed by atoms with Crippen molar-refractivity contribution in [2.45, 2.75) is 19.3 Å². The van der Waals surface area contributed by atoms with Crippen molar-refractivity contribution in [2.24, 2.45) is 5.92 Å². The molecule has 3 rings (SSSR count). The van der Waals surface area contributed by atoms with E-state index in [2.05, 4.69) is 16.0 Å². The molecule has 1 unspecified atom stereocenters. The van der Waals surface area contributed by atoms with Crippen LogP contribution in [0.15, 0.2) is 36.5 Å². The van der Waals surface area contributed by atoms with Gasteiger partial charge in [-0.2, -0.15) is 0 Å². The van der Waals surface area contributed by atoms with E-state index < -0.39 is 0 Å². The largest absolute Gasteiger partial charge is 0.337 e. The number of H-pyrrole nitrogens is 2. The molecule has 6 heteroatoms. The topological polar surface area (TPSA) is 74.7 Å². The van der Waals surface area contributed by atoms with E-state index in [1.165, 1.54) is 11.6 Å². The zero-order chi connectivity index (χ0) is 14.8. The highest BCUT2D eigenvalue weighted by atomic mass is 32.1. The molecule has 0 radical (unpaired) electrons. The molecule has 108 valence electrons. The maximum absolute atomic E-state index is 10.9. The van der Waals surface area contributed by atoms with Crippen molar-refractivity contribution < 1.29 is 4.92 Å². The smallest absolute Gasteiger partial charge is 0.270 e. The van der Waals surface area contributed by atoms with Gasteiger partial charge in [0.1, 0.15) is 0 Å². The van der Waals surface area contributed by atoms with Gasteiger partial charge in [-0.15, -0.1) is 0 Å². The van der Waals surface area contributed by atoms with Gasteiger partial charge >= 0.3 is 0 Å². The van der Waals surface area contributed by atoms with Gasteiger partial charge in [-0.05, 0) is 48.5 Å². The molecule has 2 aromatic rings. The number of nitrogens with one attached hydrogen (secondary N) is 2. The summed E-state index contributed by atoms with van der Waals surface area (Å²) in [6.45, 7) is 0. The van der Waals surface area contributed by atoms with E-state index in [4.69, 9.17) is 12.2 Å². The van der Waals surface area contributed by atoms with Crippen molar-refractivity contribution >= 4 is 23.5 Å². The summed E-state index contributed by atoms with van der Waals surface area (Å²) in [5.74, 6) is 0.369. The molecule has 0 aliphatic heterocycles. The summed E-state index contributed by atoms with van der Waals surface area (Å²) in [5.41, 5.74) is 3.35. The van der Waals surface area contributed by atoms with Crippen LogP contribution < -0.4 is 0 Å². The quantitative estimate of drug-likeness (QED) is 0.509. The van der Waals surface area contributed by atoms with Crippen LogP contribution in [0, 0.1) is 20.8 Å². The Balaban J connectivity index is 1.85. The van der Waals surface area contributed by atoms with Crippen molar-refractivity contribution in [3.8, 4) is 0 Å². The van der Waals surface area contributed by atoms with Crippen molar-refractivity contribution in [1.29, 1.82) is 0 Å². The van der Waals surface area contributed by atoms with Gasteiger partial charge in [0.15, 0.2) is 4.77 Å². The summed E-state index contributed by atoms with van der Waals surface area (Å²) in [4.78, 5) is 16.7. The van der Waals surface area contributed by atoms with Gasteiger partial charge in [-0.25, -0.2) is 0 Å². The van der Waals surface area contributed by atoms with Gasteiger partial charge in [0, 0.05) is 24.0 Å². The number of aromatic amines is 2. The Labute approximate surface area is 126 Å². The molecule has 0 amide bonds. The van der Waals surface area contributed by atoms with Gasteiger partial charge in [-0.1, -0.05) is 18.2 Å². The second-order valence-corrected chi connectivity index (χ2v) is 5.62. The maximum atomic E-state index is 10.9. The molecule has 0 saturated heterocycles. The maximum Gasteiger partial charge on any atom is 0.270 e. The molecule has 1 aliphatic carbocycles. The summed E-state index contributed by atoms with van der Waals surface area (Å²) in [7, 11) is 0. The van der Waals surface area contributed by atoms with Crippen LogP contribution in [0.3, 0.4) is 0 Å². The van der Waals surface area contributed by atoms with Crippen LogP contribution in [0.1, 0.15) is 24.1 Å². The molecule has 0 saturated carbocycles. The number of non-ortho nitro benzene ring substituents is 1. The minimum atomic E-state index is -0.350. The molecular formula is C15H15N3O2S. The first-order valence-corrected chi connectivity index (χ1v) is 7.26. The van der Waals surface area contributed by atoms with E-state index in [-0.39, 0.29) is 10.6 Å². The lowest BCUT2D eigenvalue weighted by Crippen LogP contribution is -2.04. The van der Waals surface area contributed by atoms with E-state index in [0.717, 1.165) is 30.5 Å². The molecule has 21 heavy (non-hydrogen) atoms. The number of imidazole rings is 1. The van der Waals surface area contributed by atoms with Gasteiger partial charge < -0.3 is 9.97 Å². The molecule has 1 aliphatic rings. The van der Waals surface area contributed by atoms with Gasteiger partial charge in [-0.3, -0.25) is 10.1 Å². The Bertz CT molecular complexity index is 760. The van der Waals surface area contributed by atoms with Gasteiger partial charge in [0.05, 0.1) is 4.92 Å². The highest BCUT2D eigenvalue weighted by Crippen LogP contribution is 2.36. The first kappa shape index (κ1) is 13.8. The van der Waals surface area contributed by atoms with Crippen molar-refractivity contribution in [3.63, 3.8) is 0 Å². The molecule has 0 fully saturated rings. The van der Waals surface area contributed by atoms with Crippen LogP contribution in [0.25, 0.3) is 5.57 Å². The van der Waals surface area contributed by atoms with E-state index in [9.17, 15) is 10.1 Å². The van der Waals surface area contributed by atoms with Crippen molar-refractivity contribution in [2.75, 3.05) is 0 Å². The van der Waals surface area contributed by atoms with Gasteiger partial charge in [0.2, 0.25) is 0 Å². The zero-order valence-electron chi connectivity index (χ0n) is 11.3. The number of nitro groups is 1. The fraction of sp³-hybridized carbons (Fsp3) is 0.267. The molecule has 1 atom stereocenters. The van der Waals surface area contributed by atoms with E-state index in [0.29, 0.717) is 10.7 Å². The lowest BCUT2D eigenvalue weighted by atomic mass is 9.91. The van der Waals surface area contributed by atoms with Crippen LogP contribution >= 0.6 is 12.2 Å². The Morgan fingerprint density at radius 1 is 1.43 bits per heavy atom. The second kappa shape index (κ2) is 5.65. The number of aromatic nitrogens is 2. The molecular weight excluding hydrogens is 286 g/mol. The number of rotatable bonds is 4. The normalized spacial score (nSPS) is 17.7. The molecule has 0 spiro atoms. The average molecular weight is 301 g/mol. The summed E-state index contributed by atoms with van der Waals surface area (Å²) in [6.07, 6.45) is 7.01. The predicted molar refractivity (Wildman–Crippen MR) is 83.5 cm³/mol. The average Bonchev–Trinajstić information content (AvgIpc) is 3.09. The number of nitro benzene ring substituents is 1. The van der Waals surface area contributed by atoms with E-state index in [1.54, 1.807) is 12.1 Å². The molecule has 0 bridgehead atoms. The summed E-state index contributed by atoms with van der Waals surface area (Å²) in [5, 5.41) is 10.9. The Morgan fingerprint density at radius 3 is 3.00 bits per heavy atom. The Kier molecular flexibility index (Phi) is 3.70. The predicted octanol–water partition coefficient (Wildman–Crippen LogP) is 4.02. The first-order chi connectivity index (χ1) is 10.1. The number of hydrogen-bond acceptors (Lipinski definition) is 3. The van der Waals surface area contributed by atoms with Crippen LogP contribution in [-0.4, -0.2) is 14.9 Å². The number of allylic oxidation sites excluding steroid dienone is 2. The lowest BCUT2D eigenvalue weighted by molar-refractivity contribution is -0.384. The molecule has 1 aromatic heterocycles. The Morgan fingerprint density at radius 2 is 2.29 bits per heavy atom. The number of hydrogen-bond donors (Lipinski definition) is 2. The van der Waals surface area contributed by atoms with Gasteiger partial charge in [0.25, 0.3) is 5.69 Å². The zero-order valence-corrected chi connectivity index (χ0v) is 12.2. The van der Waals surface area contributed by atoms with Crippen LogP contribution in [0.2, 0.25) is 0 Å². The summed E-state index contributed by atoms with van der Waals surface area (Å²) >= 11 is 5.04. The lowest BCUT2D eigenvalue weighted by Gasteiger charge is -2.14. The molecule has 5 nitrogen and oxygen atoms in total. The third-order valence-electron chi connectivity index (χ3n) is 3.83. The van der Waals surface area contributed by atoms with Crippen molar-refractivity contribution in [1.82, 2.24) is 9.97 Å². The summed E-state index contributed by atoms with van der Waals surface area (Å²) < 4.78 is 0.629. The van der Waals surface area contributed by atoms with Crippen LogP contribution in [0.4, 0.5) is 5.69 Å². The fourth-order valence-corrected chi connectivity index (χ4v) is 3.06. The molecule has 2 N–H and O–H groups in total. The van der Waals surface area contributed by atoms with Crippen LogP contribution in [0.5, 0.6) is 0 Å². The monoisotopic (exact) mass is 301 g/mol. The van der Waals surface area contributed by atoms with E-state index in [1.807, 2.05) is 12.3 Å². The van der Waals surface area contributed by atoms with Crippen LogP contribution in [-0.2, 0) is 6.42 Å². The number of nitrogens with zero attached hydrogens (tertiary/aromatic N) is 1. The first-order valence-electron chi connectivity index (χ1n) is 6.85. The molecule has 1 heterocycles.